The standard InChI is InChI=1S/C9H28O3Si4.C9H24Si3/c1-14(2,3)10-13(11-15(4,5)6)12-16(7,8)9;1-9-5-10(2)7-12(4)8-11(3)6-9/h13H,1-9H3;9-12H,5-8H2,1-4H3. The van der Waals surface area contributed by atoms with E-state index in [1.165, 1.54) is 0 Å². The topological polar surface area (TPSA) is 27.7 Å². The van der Waals surface area contributed by atoms with E-state index in [0.29, 0.717) is 0 Å². The monoisotopic (exact) mass is 512 g/mol. The van der Waals surface area contributed by atoms with Gasteiger partial charge in [0, 0.05) is 26.4 Å². The van der Waals surface area contributed by atoms with Crippen LogP contribution >= 0.6 is 0 Å². The second-order valence-corrected chi connectivity index (χ2v) is 39.8. The third-order valence-corrected chi connectivity index (χ3v) is 31.5. The van der Waals surface area contributed by atoms with Crippen LogP contribution < -0.4 is 0 Å². The molecule has 170 valence electrons. The molecule has 1 fully saturated rings. The van der Waals surface area contributed by atoms with Crippen molar-refractivity contribution in [2.75, 3.05) is 0 Å². The highest BCUT2D eigenvalue weighted by molar-refractivity contribution is 6.85. The molecule has 1 heterocycles. The van der Waals surface area contributed by atoms with Crippen LogP contribution in [0.25, 0.3) is 0 Å². The third-order valence-electron chi connectivity index (χ3n) is 4.57. The number of hydrogen-bond donors (Lipinski definition) is 0. The lowest BCUT2D eigenvalue weighted by atomic mass is 10.3. The van der Waals surface area contributed by atoms with Gasteiger partial charge in [0.05, 0.1) is 0 Å². The molecule has 0 aliphatic carbocycles. The molecule has 2 unspecified atom stereocenters. The molecule has 0 bridgehead atoms. The smallest absolute Gasteiger partial charge is 0.419 e. The molecular formula is C18H52O3Si7. The second kappa shape index (κ2) is 12.4. The normalized spacial score (nSPS) is 27.6. The zero-order valence-electron chi connectivity index (χ0n) is 21.4. The Kier molecular flexibility index (Phi) is 13.1. The van der Waals surface area contributed by atoms with Crippen LogP contribution in [0.1, 0.15) is 6.92 Å². The van der Waals surface area contributed by atoms with Crippen LogP contribution in [-0.2, 0) is 12.3 Å². The van der Waals surface area contributed by atoms with Gasteiger partial charge in [0.15, 0.2) is 25.0 Å². The van der Waals surface area contributed by atoms with Gasteiger partial charge in [-0.3, -0.25) is 0 Å². The van der Waals surface area contributed by atoms with E-state index in [0.717, 1.165) is 5.92 Å². The van der Waals surface area contributed by atoms with Crippen LogP contribution in [0, 0.1) is 5.92 Å². The van der Waals surface area contributed by atoms with Crippen LogP contribution in [0.2, 0.25) is 102 Å². The number of rotatable bonds is 6. The first-order valence-electron chi connectivity index (χ1n) is 11.4. The molecule has 3 nitrogen and oxygen atoms in total. The Bertz CT molecular complexity index is 354. The molecule has 0 saturated carbocycles. The minimum atomic E-state index is -1.92. The summed E-state index contributed by atoms with van der Waals surface area (Å²) in [5.41, 5.74) is 3.53. The fourth-order valence-corrected chi connectivity index (χ4v) is 31.4. The van der Waals surface area contributed by atoms with Gasteiger partial charge in [-0.05, 0) is 64.8 Å². The van der Waals surface area contributed by atoms with Gasteiger partial charge in [-0.15, -0.1) is 0 Å². The van der Waals surface area contributed by atoms with Gasteiger partial charge in [-0.1, -0.05) is 50.0 Å². The molecule has 0 aromatic heterocycles. The summed E-state index contributed by atoms with van der Waals surface area (Å²) in [6, 6.07) is 3.32. The van der Waals surface area contributed by atoms with Crippen LogP contribution in [0.15, 0.2) is 0 Å². The molecule has 1 aliphatic rings. The Morgan fingerprint density at radius 3 is 1.14 bits per heavy atom. The van der Waals surface area contributed by atoms with Crippen LogP contribution in [0.4, 0.5) is 0 Å². The summed E-state index contributed by atoms with van der Waals surface area (Å²) >= 11 is 0. The summed E-state index contributed by atoms with van der Waals surface area (Å²) in [6.07, 6.45) is 0. The SMILES string of the molecule is CC1C[SiH](C)C[SiH](C)C[SiH](C)C1.C[Si](C)(C)O[SiH](O[Si](C)(C)C)O[Si](C)(C)C. The molecule has 0 radical (unpaired) electrons. The molecule has 1 aliphatic heterocycles. The summed E-state index contributed by atoms with van der Waals surface area (Å²) in [5, 5.41) is 0. The molecular weight excluding hydrogens is 461 g/mol. The molecule has 0 amide bonds. The first-order valence-corrected chi connectivity index (χ1v) is 31.4. The first kappa shape index (κ1) is 29.4. The summed E-state index contributed by atoms with van der Waals surface area (Å²) < 4.78 is 18.3. The van der Waals surface area contributed by atoms with Crippen LogP contribution in [0.3, 0.4) is 0 Å². The predicted octanol–water partition coefficient (Wildman–Crippen LogP) is 5.54. The molecule has 1 rings (SSSR count). The Balaban J connectivity index is 0.000000540. The van der Waals surface area contributed by atoms with Crippen molar-refractivity contribution in [1.29, 1.82) is 0 Å². The van der Waals surface area contributed by atoms with Crippen LogP contribution in [-0.4, -0.2) is 60.9 Å². The van der Waals surface area contributed by atoms with Gasteiger partial charge < -0.3 is 12.3 Å². The van der Waals surface area contributed by atoms with E-state index < -0.39 is 34.5 Å². The van der Waals surface area contributed by atoms with Crippen molar-refractivity contribution in [3.63, 3.8) is 0 Å². The average Bonchev–Trinajstić information content (AvgIpc) is 2.29. The molecule has 0 N–H and O–H groups in total. The van der Waals surface area contributed by atoms with E-state index >= 15 is 0 Å². The average molecular weight is 513 g/mol. The zero-order valence-corrected chi connectivity index (χ0v) is 29.1. The highest BCUT2D eigenvalue weighted by Crippen LogP contribution is 2.23. The first-order chi connectivity index (χ1) is 12.4. The van der Waals surface area contributed by atoms with E-state index in [-0.39, 0.29) is 26.4 Å². The van der Waals surface area contributed by atoms with Gasteiger partial charge in [-0.25, -0.2) is 0 Å². The van der Waals surface area contributed by atoms with E-state index in [1.54, 1.807) is 23.4 Å². The lowest BCUT2D eigenvalue weighted by molar-refractivity contribution is 0.300. The van der Waals surface area contributed by atoms with Gasteiger partial charge in [0.2, 0.25) is 0 Å². The molecule has 0 aromatic carbocycles. The van der Waals surface area contributed by atoms with Crippen molar-refractivity contribution in [3.05, 3.63) is 0 Å². The van der Waals surface area contributed by atoms with Crippen molar-refractivity contribution < 1.29 is 12.3 Å². The summed E-state index contributed by atoms with van der Waals surface area (Å²) in [4.78, 5) is 0. The molecule has 28 heavy (non-hydrogen) atoms. The molecule has 0 spiro atoms. The van der Waals surface area contributed by atoms with Gasteiger partial charge in [0.1, 0.15) is 0 Å². The summed E-state index contributed by atoms with van der Waals surface area (Å²) in [5.74, 6) is 1.11. The highest BCUT2D eigenvalue weighted by atomic mass is 28.5. The van der Waals surface area contributed by atoms with Gasteiger partial charge >= 0.3 is 9.53 Å². The predicted molar refractivity (Wildman–Crippen MR) is 148 cm³/mol. The van der Waals surface area contributed by atoms with E-state index in [4.69, 9.17) is 12.3 Å². The van der Waals surface area contributed by atoms with Crippen molar-refractivity contribution in [2.24, 2.45) is 5.92 Å². The molecule has 2 atom stereocenters. The fraction of sp³-hybridized carbons (Fsp3) is 1.00. The zero-order chi connectivity index (χ0) is 22.3. The van der Waals surface area contributed by atoms with E-state index in [1.807, 2.05) is 0 Å². The number of hydrogen-bond acceptors (Lipinski definition) is 3. The Morgan fingerprint density at radius 1 is 0.607 bits per heavy atom. The lowest BCUT2D eigenvalue weighted by Crippen LogP contribution is -2.49. The summed E-state index contributed by atoms with van der Waals surface area (Å²) in [7, 11) is -7.26. The maximum atomic E-state index is 6.09. The maximum absolute atomic E-state index is 6.09. The Labute approximate surface area is 187 Å². The highest BCUT2D eigenvalue weighted by Gasteiger charge is 2.33. The molecule has 10 heteroatoms. The maximum Gasteiger partial charge on any atom is 0.452 e. The van der Waals surface area contributed by atoms with E-state index in [2.05, 4.69) is 85.5 Å². The summed E-state index contributed by atoms with van der Waals surface area (Å²) in [6.45, 7) is 30.0. The quantitative estimate of drug-likeness (QED) is 0.437. The third kappa shape index (κ3) is 18.2. The minimum Gasteiger partial charge on any atom is -0.419 e. The second-order valence-electron chi connectivity index (χ2n) is 12.3. The van der Waals surface area contributed by atoms with Crippen molar-refractivity contribution in [3.8, 4) is 0 Å². The van der Waals surface area contributed by atoms with Crippen molar-refractivity contribution >= 4 is 60.9 Å². The van der Waals surface area contributed by atoms with Crippen molar-refractivity contribution in [2.45, 2.75) is 109 Å². The minimum absolute atomic E-state index is 0.188. The molecule has 0 aromatic rings. The fourth-order valence-electron chi connectivity index (χ4n) is 4.07. The lowest BCUT2D eigenvalue weighted by Gasteiger charge is -2.33. The van der Waals surface area contributed by atoms with E-state index in [9.17, 15) is 0 Å². The van der Waals surface area contributed by atoms with Crippen LogP contribution in [0.5, 0.6) is 0 Å². The Morgan fingerprint density at radius 2 is 0.893 bits per heavy atom. The largest absolute Gasteiger partial charge is 0.452 e. The van der Waals surface area contributed by atoms with Crippen molar-refractivity contribution in [1.82, 2.24) is 0 Å². The van der Waals surface area contributed by atoms with Gasteiger partial charge in [-0.2, -0.15) is 0 Å². The Hall–Kier alpha value is 1.40. The van der Waals surface area contributed by atoms with Gasteiger partial charge in [0.25, 0.3) is 0 Å². The molecule has 1 saturated heterocycles.